The molecule has 0 atom stereocenters. The molecule has 20 heavy (non-hydrogen) atoms. The third-order valence-corrected chi connectivity index (χ3v) is 3.14. The van der Waals surface area contributed by atoms with Gasteiger partial charge in [0.15, 0.2) is 0 Å². The summed E-state index contributed by atoms with van der Waals surface area (Å²) in [6.45, 7) is 1.49. The first-order valence-electron chi connectivity index (χ1n) is 5.77. The first-order valence-corrected chi connectivity index (χ1v) is 6.15. The Morgan fingerprint density at radius 2 is 2.10 bits per heavy atom. The van der Waals surface area contributed by atoms with Gasteiger partial charge >= 0.3 is 0 Å². The Balaban J connectivity index is 2.18. The van der Waals surface area contributed by atoms with Gasteiger partial charge in [-0.15, -0.1) is 0 Å². The number of hydrogen-bond acceptors (Lipinski definition) is 4. The van der Waals surface area contributed by atoms with Crippen molar-refractivity contribution in [3.05, 3.63) is 40.6 Å². The van der Waals surface area contributed by atoms with E-state index in [0.29, 0.717) is 11.4 Å². The first-order chi connectivity index (χ1) is 9.38. The van der Waals surface area contributed by atoms with E-state index in [0.717, 1.165) is 4.90 Å². The highest BCUT2D eigenvalue weighted by Crippen LogP contribution is 2.22. The van der Waals surface area contributed by atoms with Crippen LogP contribution >= 0.6 is 11.6 Å². The number of nitrogens with zero attached hydrogens (tertiary/aromatic N) is 1. The highest BCUT2D eigenvalue weighted by Gasteiger charge is 2.24. The predicted octanol–water partition coefficient (Wildman–Crippen LogP) is 1.12. The van der Waals surface area contributed by atoms with Gasteiger partial charge in [-0.05, 0) is 18.2 Å². The molecule has 0 saturated heterocycles. The molecule has 0 fully saturated rings. The van der Waals surface area contributed by atoms with E-state index in [-0.39, 0.29) is 28.9 Å². The molecule has 0 aromatic heterocycles. The van der Waals surface area contributed by atoms with Gasteiger partial charge in [-0.25, -0.2) is 0 Å². The molecule has 0 saturated carbocycles. The van der Waals surface area contributed by atoms with Gasteiger partial charge in [0.25, 0.3) is 5.91 Å². The Kier molecular flexibility index (Phi) is 3.76. The van der Waals surface area contributed by atoms with Gasteiger partial charge in [0.05, 0.1) is 17.1 Å². The molecule has 2 rings (SSSR count). The lowest BCUT2D eigenvalue weighted by Crippen LogP contribution is -2.31. The van der Waals surface area contributed by atoms with Crippen LogP contribution in [-0.2, 0) is 9.59 Å². The summed E-state index contributed by atoms with van der Waals surface area (Å²) in [6.07, 6.45) is 1.33. The molecule has 1 aromatic carbocycles. The second-order valence-corrected chi connectivity index (χ2v) is 4.70. The number of carbonyl (C=O) groups is 3. The van der Waals surface area contributed by atoms with Crippen molar-refractivity contribution >= 4 is 35.0 Å². The van der Waals surface area contributed by atoms with Crippen molar-refractivity contribution in [2.24, 2.45) is 5.73 Å². The fourth-order valence-corrected chi connectivity index (χ4v) is 2.05. The monoisotopic (exact) mass is 293 g/mol. The number of imide groups is 1. The second-order valence-electron chi connectivity index (χ2n) is 4.30. The number of benzene rings is 1. The van der Waals surface area contributed by atoms with Crippen molar-refractivity contribution in [3.63, 3.8) is 0 Å². The Morgan fingerprint density at radius 1 is 1.40 bits per heavy atom. The van der Waals surface area contributed by atoms with E-state index >= 15 is 0 Å². The number of rotatable bonds is 3. The number of nitrogens with one attached hydrogen (secondary N) is 1. The van der Waals surface area contributed by atoms with E-state index in [2.05, 4.69) is 5.32 Å². The maximum Gasteiger partial charge on any atom is 0.255 e. The molecule has 3 N–H and O–H groups in total. The van der Waals surface area contributed by atoms with Crippen molar-refractivity contribution in [2.75, 3.05) is 11.9 Å². The standard InChI is InChI=1S/C13H12ClN3O3/c1-7(18)17-6-9(5-12(17)19)16-8-2-3-11(14)10(4-8)13(15)20/h2-5,16H,6H2,1H3,(H2,15,20). The van der Waals surface area contributed by atoms with Gasteiger partial charge in [0, 0.05) is 24.4 Å². The van der Waals surface area contributed by atoms with Crippen molar-refractivity contribution < 1.29 is 14.4 Å². The zero-order valence-electron chi connectivity index (χ0n) is 10.6. The minimum atomic E-state index is -0.638. The van der Waals surface area contributed by atoms with Gasteiger partial charge < -0.3 is 11.1 Å². The summed E-state index contributed by atoms with van der Waals surface area (Å²) < 4.78 is 0. The molecule has 1 aliphatic rings. The van der Waals surface area contributed by atoms with Crippen molar-refractivity contribution in [1.82, 2.24) is 4.90 Å². The molecule has 0 unspecified atom stereocenters. The third-order valence-electron chi connectivity index (χ3n) is 2.81. The summed E-state index contributed by atoms with van der Waals surface area (Å²) >= 11 is 5.85. The van der Waals surface area contributed by atoms with Crippen LogP contribution < -0.4 is 11.1 Å². The maximum atomic E-state index is 11.5. The molecule has 0 aliphatic carbocycles. The number of halogens is 1. The first kappa shape index (κ1) is 14.1. The molecule has 0 radical (unpaired) electrons. The van der Waals surface area contributed by atoms with Crippen LogP contribution in [0.4, 0.5) is 5.69 Å². The van der Waals surface area contributed by atoms with Gasteiger partial charge in [-0.1, -0.05) is 11.6 Å². The summed E-state index contributed by atoms with van der Waals surface area (Å²) in [5, 5.41) is 3.21. The van der Waals surface area contributed by atoms with E-state index in [1.807, 2.05) is 0 Å². The number of hydrogen-bond donors (Lipinski definition) is 2. The SMILES string of the molecule is CC(=O)N1CC(Nc2ccc(Cl)c(C(N)=O)c2)=CC1=O. The summed E-state index contributed by atoms with van der Waals surface area (Å²) in [7, 11) is 0. The molecule has 104 valence electrons. The van der Waals surface area contributed by atoms with Gasteiger partial charge in [-0.3, -0.25) is 19.3 Å². The average molecular weight is 294 g/mol. The minimum Gasteiger partial charge on any atom is -0.366 e. The molecule has 0 bridgehead atoms. The molecular formula is C13H12ClN3O3. The summed E-state index contributed by atoms with van der Waals surface area (Å²) in [6, 6.07) is 4.67. The van der Waals surface area contributed by atoms with Gasteiger partial charge in [0.1, 0.15) is 0 Å². The summed E-state index contributed by atoms with van der Waals surface area (Å²) in [5.74, 6) is -1.33. The zero-order chi connectivity index (χ0) is 14.9. The Morgan fingerprint density at radius 3 is 2.65 bits per heavy atom. The Labute approximate surface area is 120 Å². The van der Waals surface area contributed by atoms with Crippen LogP contribution in [0.25, 0.3) is 0 Å². The highest BCUT2D eigenvalue weighted by atomic mass is 35.5. The number of anilines is 1. The molecule has 7 heteroatoms. The third kappa shape index (κ3) is 2.80. The maximum absolute atomic E-state index is 11.5. The van der Waals surface area contributed by atoms with E-state index in [1.165, 1.54) is 25.1 Å². The smallest absolute Gasteiger partial charge is 0.255 e. The highest BCUT2D eigenvalue weighted by molar-refractivity contribution is 6.33. The Bertz CT molecular complexity index is 640. The van der Waals surface area contributed by atoms with Gasteiger partial charge in [-0.2, -0.15) is 0 Å². The topological polar surface area (TPSA) is 92.5 Å². The van der Waals surface area contributed by atoms with E-state index < -0.39 is 5.91 Å². The van der Waals surface area contributed by atoms with Crippen molar-refractivity contribution in [3.8, 4) is 0 Å². The number of amides is 3. The molecule has 0 spiro atoms. The van der Waals surface area contributed by atoms with Crippen LogP contribution in [0, 0.1) is 0 Å². The minimum absolute atomic E-state index is 0.169. The van der Waals surface area contributed by atoms with Crippen LogP contribution in [0.2, 0.25) is 5.02 Å². The largest absolute Gasteiger partial charge is 0.366 e. The van der Waals surface area contributed by atoms with Gasteiger partial charge in [0.2, 0.25) is 11.8 Å². The lowest BCUT2D eigenvalue weighted by molar-refractivity contribution is -0.138. The molecule has 3 amide bonds. The lowest BCUT2D eigenvalue weighted by Gasteiger charge is -2.13. The fourth-order valence-electron chi connectivity index (χ4n) is 1.84. The van der Waals surface area contributed by atoms with Crippen molar-refractivity contribution in [1.29, 1.82) is 0 Å². The van der Waals surface area contributed by atoms with Crippen LogP contribution in [-0.4, -0.2) is 29.2 Å². The quantitative estimate of drug-likeness (QED) is 0.873. The second kappa shape index (κ2) is 5.34. The van der Waals surface area contributed by atoms with Crippen LogP contribution in [0.15, 0.2) is 30.0 Å². The summed E-state index contributed by atoms with van der Waals surface area (Å²) in [5.41, 5.74) is 6.51. The normalized spacial score (nSPS) is 14.2. The number of carbonyl (C=O) groups excluding carboxylic acids is 3. The predicted molar refractivity (Wildman–Crippen MR) is 74.1 cm³/mol. The van der Waals surface area contributed by atoms with Crippen LogP contribution in [0.3, 0.4) is 0 Å². The molecule has 1 aromatic rings. The number of primary amides is 1. The Hall–Kier alpha value is -2.34. The van der Waals surface area contributed by atoms with Crippen LogP contribution in [0.1, 0.15) is 17.3 Å². The van der Waals surface area contributed by atoms with E-state index in [9.17, 15) is 14.4 Å². The summed E-state index contributed by atoms with van der Waals surface area (Å²) in [4.78, 5) is 35.0. The van der Waals surface area contributed by atoms with E-state index in [4.69, 9.17) is 17.3 Å². The molecule has 6 nitrogen and oxygen atoms in total. The van der Waals surface area contributed by atoms with E-state index in [1.54, 1.807) is 6.07 Å². The fraction of sp³-hybridized carbons (Fsp3) is 0.154. The molecular weight excluding hydrogens is 282 g/mol. The lowest BCUT2D eigenvalue weighted by atomic mass is 10.2. The van der Waals surface area contributed by atoms with Crippen molar-refractivity contribution in [2.45, 2.75) is 6.92 Å². The average Bonchev–Trinajstić information content (AvgIpc) is 2.72. The van der Waals surface area contributed by atoms with Crippen LogP contribution in [0.5, 0.6) is 0 Å². The molecule has 1 heterocycles. The number of nitrogens with two attached hydrogens (primary N) is 1. The zero-order valence-corrected chi connectivity index (χ0v) is 11.4. The molecule has 1 aliphatic heterocycles.